The Labute approximate surface area is 140 Å². The number of aromatic nitrogens is 2. The molecule has 2 N–H and O–H groups in total. The van der Waals surface area contributed by atoms with Gasteiger partial charge in [-0.3, -0.25) is 15.1 Å². The van der Waals surface area contributed by atoms with E-state index < -0.39 is 6.09 Å². The van der Waals surface area contributed by atoms with Crippen LogP contribution in [0, 0.1) is 12.8 Å². The molecule has 0 aliphatic heterocycles. The third-order valence-corrected chi connectivity index (χ3v) is 2.93. The lowest BCUT2D eigenvalue weighted by Gasteiger charge is -2.10. The lowest BCUT2D eigenvalue weighted by atomic mass is 10.2. The van der Waals surface area contributed by atoms with Crippen molar-refractivity contribution in [1.29, 1.82) is 0 Å². The molecule has 24 heavy (non-hydrogen) atoms. The number of nitrogens with zero attached hydrogens (tertiary/aromatic N) is 2. The van der Waals surface area contributed by atoms with Gasteiger partial charge in [-0.05, 0) is 31.0 Å². The summed E-state index contributed by atoms with van der Waals surface area (Å²) in [7, 11) is 0. The first-order valence-electron chi connectivity index (χ1n) is 7.58. The first-order chi connectivity index (χ1) is 11.4. The van der Waals surface area contributed by atoms with E-state index in [4.69, 9.17) is 4.74 Å². The minimum absolute atomic E-state index is 0.218. The summed E-state index contributed by atoms with van der Waals surface area (Å²) in [5, 5.41) is 5.33. The fourth-order valence-electron chi connectivity index (χ4n) is 1.78. The summed E-state index contributed by atoms with van der Waals surface area (Å²) in [6.45, 7) is 6.05. The Morgan fingerprint density at radius 1 is 1.12 bits per heavy atom. The van der Waals surface area contributed by atoms with Crippen LogP contribution in [0.25, 0.3) is 0 Å². The van der Waals surface area contributed by atoms with E-state index in [2.05, 4.69) is 20.6 Å². The minimum atomic E-state index is -0.531. The highest BCUT2D eigenvalue weighted by molar-refractivity contribution is 6.03. The molecule has 0 aliphatic rings. The summed E-state index contributed by atoms with van der Waals surface area (Å²) in [6.07, 6.45) is 2.41. The Bertz CT molecular complexity index is 714. The number of amides is 2. The molecule has 126 valence electrons. The van der Waals surface area contributed by atoms with Crippen LogP contribution in [0.4, 0.5) is 16.2 Å². The Morgan fingerprint density at radius 3 is 2.46 bits per heavy atom. The smallest absolute Gasteiger partial charge is 0.411 e. The number of hydrogen-bond donors (Lipinski definition) is 2. The van der Waals surface area contributed by atoms with Crippen LogP contribution in [0.3, 0.4) is 0 Å². The number of nitrogens with one attached hydrogen (secondary N) is 2. The van der Waals surface area contributed by atoms with Crippen LogP contribution >= 0.6 is 0 Å². The second kappa shape index (κ2) is 8.05. The number of rotatable bonds is 5. The van der Waals surface area contributed by atoms with Crippen LogP contribution in [-0.2, 0) is 4.74 Å². The molecule has 7 heteroatoms. The molecule has 0 saturated heterocycles. The molecule has 0 spiro atoms. The molecule has 2 rings (SSSR count). The van der Waals surface area contributed by atoms with Gasteiger partial charge in [-0.2, -0.15) is 0 Å². The van der Waals surface area contributed by atoms with Crippen LogP contribution in [0.15, 0.2) is 36.7 Å². The van der Waals surface area contributed by atoms with Crippen molar-refractivity contribution in [2.45, 2.75) is 20.8 Å². The van der Waals surface area contributed by atoms with Gasteiger partial charge in [0.05, 0.1) is 18.5 Å². The maximum atomic E-state index is 12.1. The largest absolute Gasteiger partial charge is 0.449 e. The van der Waals surface area contributed by atoms with E-state index in [1.807, 2.05) is 13.8 Å². The monoisotopic (exact) mass is 328 g/mol. The molecule has 7 nitrogen and oxygen atoms in total. The van der Waals surface area contributed by atoms with Gasteiger partial charge in [0.25, 0.3) is 5.91 Å². The number of ether oxygens (including phenoxy) is 1. The summed E-state index contributed by atoms with van der Waals surface area (Å²) in [6, 6.07) is 6.77. The molecule has 0 atom stereocenters. The van der Waals surface area contributed by atoms with Crippen molar-refractivity contribution >= 4 is 23.4 Å². The summed E-state index contributed by atoms with van der Waals surface area (Å²) in [5.74, 6) is -0.112. The van der Waals surface area contributed by atoms with E-state index in [0.717, 1.165) is 5.69 Å². The van der Waals surface area contributed by atoms with Crippen molar-refractivity contribution in [2.75, 3.05) is 17.2 Å². The van der Waals surface area contributed by atoms with E-state index >= 15 is 0 Å². The highest BCUT2D eigenvalue weighted by atomic mass is 16.5. The van der Waals surface area contributed by atoms with Gasteiger partial charge in [0, 0.05) is 17.6 Å². The molecule has 0 unspecified atom stereocenters. The standard InChI is InChI=1S/C17H20N4O3/c1-11(2)10-24-17(23)21-14-6-4-5-13(7-14)20-16(22)15-9-18-12(3)8-19-15/h4-9,11H,10H2,1-3H3,(H,20,22)(H,21,23). The Balaban J connectivity index is 1.98. The van der Waals surface area contributed by atoms with Crippen LogP contribution in [-0.4, -0.2) is 28.6 Å². The number of carbonyl (C=O) groups excluding carboxylic acids is 2. The zero-order valence-electron chi connectivity index (χ0n) is 13.9. The molecular weight excluding hydrogens is 308 g/mol. The van der Waals surface area contributed by atoms with E-state index in [1.54, 1.807) is 31.2 Å². The van der Waals surface area contributed by atoms with Crippen molar-refractivity contribution in [3.8, 4) is 0 Å². The van der Waals surface area contributed by atoms with Gasteiger partial charge in [-0.25, -0.2) is 9.78 Å². The third-order valence-electron chi connectivity index (χ3n) is 2.93. The number of aryl methyl sites for hydroxylation is 1. The lowest BCUT2D eigenvalue weighted by Crippen LogP contribution is -2.17. The summed E-state index contributed by atoms with van der Waals surface area (Å²) in [4.78, 5) is 31.8. The van der Waals surface area contributed by atoms with Gasteiger partial charge >= 0.3 is 6.09 Å². The molecule has 1 heterocycles. The SMILES string of the molecule is Cc1cnc(C(=O)Nc2cccc(NC(=O)OCC(C)C)c2)cn1. The summed E-state index contributed by atoms with van der Waals surface area (Å²) >= 11 is 0. The van der Waals surface area contributed by atoms with Crippen molar-refractivity contribution in [2.24, 2.45) is 5.92 Å². The predicted molar refractivity (Wildman–Crippen MR) is 91.0 cm³/mol. The average Bonchev–Trinajstić information content (AvgIpc) is 2.54. The molecule has 0 bridgehead atoms. The van der Waals surface area contributed by atoms with Crippen molar-refractivity contribution < 1.29 is 14.3 Å². The molecular formula is C17H20N4O3. The fourth-order valence-corrected chi connectivity index (χ4v) is 1.78. The number of hydrogen-bond acceptors (Lipinski definition) is 5. The summed E-state index contributed by atoms with van der Waals surface area (Å²) in [5.41, 5.74) is 2.01. The van der Waals surface area contributed by atoms with Gasteiger partial charge in [0.15, 0.2) is 0 Å². The molecule has 2 amide bonds. The van der Waals surface area contributed by atoms with Crippen molar-refractivity contribution in [1.82, 2.24) is 9.97 Å². The Kier molecular flexibility index (Phi) is 5.83. The topological polar surface area (TPSA) is 93.2 Å². The quantitative estimate of drug-likeness (QED) is 0.879. The predicted octanol–water partition coefficient (Wildman–Crippen LogP) is 3.24. The molecule has 2 aromatic rings. The minimum Gasteiger partial charge on any atom is -0.449 e. The van der Waals surface area contributed by atoms with Gasteiger partial charge < -0.3 is 10.1 Å². The van der Waals surface area contributed by atoms with Crippen molar-refractivity contribution in [3.63, 3.8) is 0 Å². The van der Waals surface area contributed by atoms with Gasteiger partial charge in [-0.1, -0.05) is 19.9 Å². The second-order valence-corrected chi connectivity index (χ2v) is 5.70. The van der Waals surface area contributed by atoms with Crippen LogP contribution < -0.4 is 10.6 Å². The van der Waals surface area contributed by atoms with E-state index in [-0.39, 0.29) is 17.5 Å². The third kappa shape index (κ3) is 5.35. The summed E-state index contributed by atoms with van der Waals surface area (Å²) < 4.78 is 5.05. The lowest BCUT2D eigenvalue weighted by molar-refractivity contribution is 0.102. The Morgan fingerprint density at radius 2 is 1.83 bits per heavy atom. The van der Waals surface area contributed by atoms with Crippen molar-refractivity contribution in [3.05, 3.63) is 48.0 Å². The zero-order chi connectivity index (χ0) is 17.5. The highest BCUT2D eigenvalue weighted by Crippen LogP contribution is 2.16. The molecule has 0 saturated carbocycles. The molecule has 1 aromatic heterocycles. The van der Waals surface area contributed by atoms with Crippen LogP contribution in [0.5, 0.6) is 0 Å². The molecule has 0 aliphatic carbocycles. The number of carbonyl (C=O) groups is 2. The second-order valence-electron chi connectivity index (χ2n) is 5.70. The van der Waals surface area contributed by atoms with Gasteiger partial charge in [0.2, 0.25) is 0 Å². The number of benzene rings is 1. The highest BCUT2D eigenvalue weighted by Gasteiger charge is 2.09. The van der Waals surface area contributed by atoms with E-state index in [1.165, 1.54) is 12.4 Å². The van der Waals surface area contributed by atoms with Crippen LogP contribution in [0.2, 0.25) is 0 Å². The molecule has 0 radical (unpaired) electrons. The normalized spacial score (nSPS) is 10.3. The zero-order valence-corrected chi connectivity index (χ0v) is 13.9. The Hall–Kier alpha value is -2.96. The van der Waals surface area contributed by atoms with Gasteiger partial charge in [0.1, 0.15) is 5.69 Å². The van der Waals surface area contributed by atoms with E-state index in [9.17, 15) is 9.59 Å². The van der Waals surface area contributed by atoms with Crippen LogP contribution in [0.1, 0.15) is 30.0 Å². The molecule has 0 fully saturated rings. The number of anilines is 2. The maximum absolute atomic E-state index is 12.1. The first-order valence-corrected chi connectivity index (χ1v) is 7.58. The fraction of sp³-hybridized carbons (Fsp3) is 0.294. The van der Waals surface area contributed by atoms with Gasteiger partial charge in [-0.15, -0.1) is 0 Å². The van der Waals surface area contributed by atoms with E-state index in [0.29, 0.717) is 18.0 Å². The maximum Gasteiger partial charge on any atom is 0.411 e. The molecule has 1 aromatic carbocycles. The average molecular weight is 328 g/mol. The first kappa shape index (κ1) is 17.4.